The van der Waals surface area contributed by atoms with E-state index in [1.165, 1.54) is 6.92 Å². The predicted molar refractivity (Wildman–Crippen MR) is 177 cm³/mol. The lowest BCUT2D eigenvalue weighted by Crippen LogP contribution is -2.38. The molecule has 0 saturated heterocycles. The van der Waals surface area contributed by atoms with Gasteiger partial charge in [-0.3, -0.25) is 14.4 Å². The molecule has 262 valence electrons. The molecular weight excluding hydrogens is 686 g/mol. The Balaban J connectivity index is 2.21. The number of carboxylic acids is 2. The third-order valence-electron chi connectivity index (χ3n) is 7.26. The van der Waals surface area contributed by atoms with Gasteiger partial charge in [-0.1, -0.05) is 33.8 Å². The molecule has 0 radical (unpaired) electrons. The van der Waals surface area contributed by atoms with Crippen LogP contribution in [0.2, 0.25) is 0 Å². The van der Waals surface area contributed by atoms with E-state index in [0.29, 0.717) is 17.7 Å². The number of nitrogens with one attached hydrogen (secondary N) is 2. The van der Waals surface area contributed by atoms with Crippen LogP contribution < -0.4 is 10.6 Å². The second-order valence-electron chi connectivity index (χ2n) is 11.1. The van der Waals surface area contributed by atoms with E-state index < -0.39 is 81.9 Å². The van der Waals surface area contributed by atoms with Crippen molar-refractivity contribution in [1.82, 2.24) is 10.6 Å². The lowest BCUT2D eigenvalue weighted by molar-refractivity contribution is 0.0696. The molecule has 19 heteroatoms. The van der Waals surface area contributed by atoms with Gasteiger partial charge < -0.3 is 20.6 Å². The maximum atomic E-state index is 12.7. The van der Waals surface area contributed by atoms with E-state index in [0.717, 1.165) is 43.2 Å². The van der Waals surface area contributed by atoms with Crippen molar-refractivity contribution >= 4 is 71.9 Å². The molecule has 0 saturated carbocycles. The average molecular weight is 720 g/mol. The molecule has 0 aliphatic carbocycles. The summed E-state index contributed by atoms with van der Waals surface area (Å²) in [6.45, 7) is 11.2. The topological polar surface area (TPSA) is 282 Å². The van der Waals surface area contributed by atoms with Gasteiger partial charge in [0.05, 0.1) is 32.8 Å². The van der Waals surface area contributed by atoms with Gasteiger partial charge >= 0.3 is 18.0 Å². The highest BCUT2D eigenvalue weighted by Gasteiger charge is 2.26. The van der Waals surface area contributed by atoms with Crippen molar-refractivity contribution in [2.24, 2.45) is 27.1 Å². The van der Waals surface area contributed by atoms with Crippen LogP contribution in [0.25, 0.3) is 10.8 Å². The number of nitrogens with zero attached hydrogens (tertiary/aromatic N) is 3. The van der Waals surface area contributed by atoms with Crippen LogP contribution in [0.1, 0.15) is 61.3 Å². The van der Waals surface area contributed by atoms with Gasteiger partial charge in [-0.15, -0.1) is 5.11 Å². The number of carbonyl (C=O) groups is 3. The van der Waals surface area contributed by atoms with Gasteiger partial charge in [0.1, 0.15) is 16.4 Å². The zero-order chi connectivity index (χ0) is 37.0. The predicted octanol–water partition coefficient (Wildman–Crippen LogP) is 5.79. The summed E-state index contributed by atoms with van der Waals surface area (Å²) in [5.41, 5.74) is -2.37. The van der Waals surface area contributed by atoms with Crippen molar-refractivity contribution in [2.45, 2.75) is 50.3 Å². The number of hydrogen-bond acceptors (Lipinski definition) is 11. The number of aromatic hydroxyl groups is 1. The summed E-state index contributed by atoms with van der Waals surface area (Å²) in [4.78, 5) is 37.9. The molecule has 3 aromatic carbocycles. The van der Waals surface area contributed by atoms with E-state index in [4.69, 9.17) is 0 Å². The largest absolute Gasteiger partial charge is 0.505 e. The number of rotatable bonds is 12. The van der Waals surface area contributed by atoms with Gasteiger partial charge in [0, 0.05) is 5.70 Å². The molecule has 0 aromatic heterocycles. The Hall–Kier alpha value is -5.24. The first-order chi connectivity index (χ1) is 22.6. The number of carboxylic acid groups (broad SMARTS) is 2. The van der Waals surface area contributed by atoms with E-state index in [2.05, 4.69) is 39.4 Å². The quantitative estimate of drug-likeness (QED) is 0.0507. The number of amides is 2. The number of phenolic OH excluding ortho intramolecular Hbond substituents is 1. The van der Waals surface area contributed by atoms with Crippen molar-refractivity contribution in [2.75, 3.05) is 0 Å². The van der Waals surface area contributed by atoms with Crippen LogP contribution in [0.5, 0.6) is 5.75 Å². The fourth-order valence-corrected chi connectivity index (χ4v) is 5.77. The van der Waals surface area contributed by atoms with Crippen LogP contribution in [0.4, 0.5) is 21.9 Å². The number of hydrogen-bond donors (Lipinski definition) is 7. The Labute approximate surface area is 280 Å². The lowest BCUT2D eigenvalue weighted by atomic mass is 9.93. The highest BCUT2D eigenvalue weighted by atomic mass is 32.2. The molecule has 2 amide bonds. The normalized spacial score (nSPS) is 13.6. The number of benzene rings is 3. The van der Waals surface area contributed by atoms with Crippen LogP contribution in [0, 0.1) is 11.8 Å². The number of urea groups is 1. The molecular formula is C30H33N5O12S2. The van der Waals surface area contributed by atoms with E-state index in [9.17, 15) is 55.6 Å². The van der Waals surface area contributed by atoms with Crippen LogP contribution in [0.3, 0.4) is 0 Å². The molecule has 7 N–H and O–H groups in total. The van der Waals surface area contributed by atoms with Crippen molar-refractivity contribution in [3.05, 3.63) is 59.8 Å². The first-order valence-electron chi connectivity index (χ1n) is 14.3. The average Bonchev–Trinajstić information content (AvgIpc) is 2.98. The molecule has 17 nitrogen and oxygen atoms in total. The Morgan fingerprint density at radius 3 is 1.98 bits per heavy atom. The van der Waals surface area contributed by atoms with E-state index in [-0.39, 0.29) is 22.5 Å². The van der Waals surface area contributed by atoms with Gasteiger partial charge in [0.2, 0.25) is 0 Å². The third kappa shape index (κ3) is 9.66. The van der Waals surface area contributed by atoms with Gasteiger partial charge in [-0.2, -0.15) is 21.9 Å². The minimum Gasteiger partial charge on any atom is -0.505 e. The number of aliphatic imine (C=N–C) groups is 1. The monoisotopic (exact) mass is 719 g/mol. The number of amidine groups is 1. The summed E-state index contributed by atoms with van der Waals surface area (Å²) in [6.07, 6.45) is 1.69. The Kier molecular flexibility index (Phi) is 11.6. The van der Waals surface area contributed by atoms with Gasteiger partial charge in [-0.25, -0.2) is 19.4 Å². The molecule has 3 aromatic rings. The first kappa shape index (κ1) is 38.2. The van der Waals surface area contributed by atoms with Crippen molar-refractivity contribution < 1.29 is 55.6 Å². The number of aromatic carboxylic acids is 2. The number of fused-ring (bicyclic) bond motifs is 1. The van der Waals surface area contributed by atoms with Gasteiger partial charge in [0.15, 0.2) is 5.75 Å². The number of phenols is 1. The Morgan fingerprint density at radius 1 is 0.878 bits per heavy atom. The van der Waals surface area contributed by atoms with E-state index in [1.807, 2.05) is 13.8 Å². The summed E-state index contributed by atoms with van der Waals surface area (Å²) >= 11 is 0. The van der Waals surface area contributed by atoms with Crippen LogP contribution in [0.15, 0.2) is 73.7 Å². The zero-order valence-electron chi connectivity index (χ0n) is 26.5. The summed E-state index contributed by atoms with van der Waals surface area (Å²) in [5, 5.41) is 41.5. The SMILES string of the molecule is C=C(NC(=O)NC(C)=Nc1cc(S(=O)(=O)O)cc2cc(S(=O)(=O)O)c(N=Nc3cc(C(=O)O)cc(C(=O)O)c3)c(O)c12)C(C)CC(C)CC. The molecule has 0 fully saturated rings. The number of carbonyl (C=O) groups excluding carboxylic acids is 1. The molecule has 2 atom stereocenters. The smallest absolute Gasteiger partial charge is 0.335 e. The zero-order valence-corrected chi connectivity index (χ0v) is 28.1. The third-order valence-corrected chi connectivity index (χ3v) is 8.96. The first-order valence-corrected chi connectivity index (χ1v) is 17.1. The summed E-state index contributed by atoms with van der Waals surface area (Å²) in [5.74, 6) is -3.94. The fourth-order valence-electron chi connectivity index (χ4n) is 4.58. The minimum absolute atomic E-state index is 0.0721. The summed E-state index contributed by atoms with van der Waals surface area (Å²) in [6, 6.07) is 4.14. The molecule has 0 bridgehead atoms. The van der Waals surface area contributed by atoms with Crippen LogP contribution in [-0.2, 0) is 20.2 Å². The summed E-state index contributed by atoms with van der Waals surface area (Å²) < 4.78 is 68.6. The molecule has 0 heterocycles. The van der Waals surface area contributed by atoms with E-state index in [1.54, 1.807) is 0 Å². The highest BCUT2D eigenvalue weighted by Crippen LogP contribution is 2.46. The van der Waals surface area contributed by atoms with Crippen LogP contribution >= 0.6 is 0 Å². The van der Waals surface area contributed by atoms with Crippen molar-refractivity contribution in [1.29, 1.82) is 0 Å². The lowest BCUT2D eigenvalue weighted by Gasteiger charge is -2.19. The Morgan fingerprint density at radius 2 is 1.47 bits per heavy atom. The fraction of sp³-hybridized carbons (Fsp3) is 0.267. The molecule has 49 heavy (non-hydrogen) atoms. The molecule has 0 spiro atoms. The molecule has 0 aliphatic heterocycles. The standard InChI is InChI=1S/C30H33N5O12S2/c1-6-14(2)7-15(3)16(4)31-30(41)33-17(5)32-23-13-22(48(42,43)44)11-18-12-24(49(45,46)47)26(27(36)25(18)23)35-34-21-9-19(28(37)38)8-20(10-21)29(39)40/h8-15,36H,4,6-7H2,1-3,5H3,(H,37,38)(H,39,40)(H,42,43,44)(H,45,46,47)(H2,31,32,33,41). The van der Waals surface area contributed by atoms with Crippen LogP contribution in [-0.4, -0.2) is 65.1 Å². The second-order valence-corrected chi connectivity index (χ2v) is 13.9. The summed E-state index contributed by atoms with van der Waals surface area (Å²) in [7, 11) is -10.2. The molecule has 2 unspecified atom stereocenters. The maximum Gasteiger partial charge on any atom is 0.335 e. The second kappa shape index (κ2) is 14.9. The van der Waals surface area contributed by atoms with Gasteiger partial charge in [-0.05, 0) is 67.0 Å². The number of azo groups is 1. The van der Waals surface area contributed by atoms with Crippen molar-refractivity contribution in [3.63, 3.8) is 0 Å². The molecule has 0 aliphatic rings. The Bertz CT molecular complexity index is 2110. The van der Waals surface area contributed by atoms with E-state index >= 15 is 0 Å². The molecule has 3 rings (SSSR count). The maximum absolute atomic E-state index is 12.7. The minimum atomic E-state index is -5.25. The van der Waals surface area contributed by atoms with Crippen molar-refractivity contribution in [3.8, 4) is 5.75 Å². The van der Waals surface area contributed by atoms with Gasteiger partial charge in [0.25, 0.3) is 20.2 Å². The number of allylic oxidation sites excluding steroid dienone is 1. The highest BCUT2D eigenvalue weighted by molar-refractivity contribution is 7.86.